The van der Waals surface area contributed by atoms with Crippen molar-refractivity contribution < 1.29 is 4.42 Å². The molecule has 0 radical (unpaired) electrons. The van der Waals surface area contributed by atoms with Crippen molar-refractivity contribution in [3.05, 3.63) is 11.8 Å². The second kappa shape index (κ2) is 6.15. The van der Waals surface area contributed by atoms with E-state index in [4.69, 9.17) is 4.42 Å². The molecule has 0 amide bonds. The van der Waals surface area contributed by atoms with Gasteiger partial charge >= 0.3 is 0 Å². The molecule has 0 bridgehead atoms. The third-order valence-electron chi connectivity index (χ3n) is 3.49. The van der Waals surface area contributed by atoms with E-state index in [9.17, 15) is 0 Å². The highest BCUT2D eigenvalue weighted by molar-refractivity contribution is 4.90. The molecule has 1 aliphatic rings. The first-order chi connectivity index (χ1) is 8.29. The normalized spacial score (nSPS) is 18.7. The number of rotatable bonds is 6. The molecule has 1 atom stereocenters. The van der Waals surface area contributed by atoms with Crippen LogP contribution in [-0.2, 0) is 6.42 Å². The van der Waals surface area contributed by atoms with Gasteiger partial charge in [0.05, 0.1) is 6.04 Å². The van der Waals surface area contributed by atoms with E-state index in [2.05, 4.69) is 29.4 Å². The third kappa shape index (κ3) is 3.53. The fourth-order valence-corrected chi connectivity index (χ4v) is 2.43. The topological polar surface area (TPSA) is 51.0 Å². The van der Waals surface area contributed by atoms with Crippen molar-refractivity contribution in [1.29, 1.82) is 0 Å². The average Bonchev–Trinajstić information content (AvgIpc) is 2.98. The van der Waals surface area contributed by atoms with Crippen LogP contribution in [0.5, 0.6) is 0 Å². The van der Waals surface area contributed by atoms with Crippen LogP contribution in [0.2, 0.25) is 0 Å². The first-order valence-electron chi connectivity index (χ1n) is 6.85. The molecule has 0 spiro atoms. The highest BCUT2D eigenvalue weighted by Crippen LogP contribution is 2.27. The van der Waals surface area contributed by atoms with Gasteiger partial charge in [-0.3, -0.25) is 0 Å². The molecule has 1 heterocycles. The monoisotopic (exact) mass is 237 g/mol. The van der Waals surface area contributed by atoms with Gasteiger partial charge in [0.1, 0.15) is 0 Å². The fraction of sp³-hybridized carbons (Fsp3) is 0.846. The van der Waals surface area contributed by atoms with E-state index in [1.807, 2.05) is 0 Å². The van der Waals surface area contributed by atoms with Gasteiger partial charge in [-0.05, 0) is 38.6 Å². The van der Waals surface area contributed by atoms with Crippen molar-refractivity contribution in [3.63, 3.8) is 0 Å². The van der Waals surface area contributed by atoms with Crippen LogP contribution in [0, 0.1) is 5.92 Å². The molecule has 4 heteroatoms. The molecule has 1 N–H and O–H groups in total. The van der Waals surface area contributed by atoms with Gasteiger partial charge in [-0.25, -0.2) is 0 Å². The summed E-state index contributed by atoms with van der Waals surface area (Å²) in [5.74, 6) is 2.31. The number of nitrogens with zero attached hydrogens (tertiary/aromatic N) is 2. The maximum Gasteiger partial charge on any atom is 0.233 e. The second-order valence-electron chi connectivity index (χ2n) is 5.06. The minimum absolute atomic E-state index is 0.166. The molecule has 0 saturated heterocycles. The minimum atomic E-state index is 0.166. The Bertz CT molecular complexity index is 331. The van der Waals surface area contributed by atoms with Crippen LogP contribution in [-0.4, -0.2) is 16.7 Å². The molecule has 0 aromatic carbocycles. The summed E-state index contributed by atoms with van der Waals surface area (Å²) in [7, 11) is 0. The Kier molecular flexibility index (Phi) is 4.54. The maximum atomic E-state index is 5.72. The van der Waals surface area contributed by atoms with Gasteiger partial charge in [0, 0.05) is 6.42 Å². The first-order valence-corrected chi connectivity index (χ1v) is 6.85. The number of hydrogen-bond donors (Lipinski definition) is 1. The summed E-state index contributed by atoms with van der Waals surface area (Å²) >= 11 is 0. The summed E-state index contributed by atoms with van der Waals surface area (Å²) in [6.45, 7) is 5.21. The maximum absolute atomic E-state index is 5.72. The van der Waals surface area contributed by atoms with E-state index in [1.54, 1.807) is 0 Å². The quantitative estimate of drug-likeness (QED) is 0.826. The fourth-order valence-electron chi connectivity index (χ4n) is 2.43. The van der Waals surface area contributed by atoms with Gasteiger partial charge in [-0.15, -0.1) is 10.2 Å². The Balaban J connectivity index is 1.86. The summed E-state index contributed by atoms with van der Waals surface area (Å²) in [6, 6.07) is 0.166. The van der Waals surface area contributed by atoms with Crippen molar-refractivity contribution >= 4 is 0 Å². The Morgan fingerprint density at radius 2 is 2.12 bits per heavy atom. The zero-order valence-corrected chi connectivity index (χ0v) is 10.9. The summed E-state index contributed by atoms with van der Waals surface area (Å²) in [4.78, 5) is 0. The van der Waals surface area contributed by atoms with E-state index in [-0.39, 0.29) is 6.04 Å². The smallest absolute Gasteiger partial charge is 0.233 e. The number of hydrogen-bond acceptors (Lipinski definition) is 4. The summed E-state index contributed by atoms with van der Waals surface area (Å²) in [6.07, 6.45) is 7.45. The van der Waals surface area contributed by atoms with Crippen LogP contribution in [0.1, 0.15) is 63.8 Å². The molecular formula is C13H23N3O. The van der Waals surface area contributed by atoms with Crippen LogP contribution < -0.4 is 5.32 Å². The lowest BCUT2D eigenvalue weighted by molar-refractivity contribution is 0.372. The molecule has 1 saturated carbocycles. The predicted molar refractivity (Wildman–Crippen MR) is 66.7 cm³/mol. The molecule has 4 nitrogen and oxygen atoms in total. The lowest BCUT2D eigenvalue weighted by Gasteiger charge is -2.08. The Morgan fingerprint density at radius 3 is 2.82 bits per heavy atom. The summed E-state index contributed by atoms with van der Waals surface area (Å²) in [5.41, 5.74) is 0. The van der Waals surface area contributed by atoms with Crippen LogP contribution in [0.25, 0.3) is 0 Å². The standard InChI is InChI=1S/C13H23N3O/c1-3-8-14-10(2)13-16-15-12(17-13)9-11-6-4-5-7-11/h10-11,14H,3-9H2,1-2H3. The van der Waals surface area contributed by atoms with Gasteiger partial charge in [0.25, 0.3) is 0 Å². The molecule has 1 aromatic heterocycles. The van der Waals surface area contributed by atoms with Gasteiger partial charge in [0.2, 0.25) is 11.8 Å². The zero-order valence-electron chi connectivity index (χ0n) is 10.9. The Morgan fingerprint density at radius 1 is 1.35 bits per heavy atom. The van der Waals surface area contributed by atoms with Crippen LogP contribution in [0.4, 0.5) is 0 Å². The molecule has 1 unspecified atom stereocenters. The molecule has 1 fully saturated rings. The summed E-state index contributed by atoms with van der Waals surface area (Å²) in [5, 5.41) is 11.6. The van der Waals surface area contributed by atoms with Crippen molar-refractivity contribution in [1.82, 2.24) is 15.5 Å². The van der Waals surface area contributed by atoms with Crippen molar-refractivity contribution in [2.45, 2.75) is 58.4 Å². The lowest BCUT2D eigenvalue weighted by atomic mass is 10.0. The van der Waals surface area contributed by atoms with Gasteiger partial charge in [0.15, 0.2) is 0 Å². The highest BCUT2D eigenvalue weighted by atomic mass is 16.4. The molecule has 96 valence electrons. The molecule has 17 heavy (non-hydrogen) atoms. The Labute approximate surface area is 103 Å². The van der Waals surface area contributed by atoms with E-state index in [1.165, 1.54) is 25.7 Å². The minimum Gasteiger partial charge on any atom is -0.424 e. The predicted octanol–water partition coefficient (Wildman–Crippen LogP) is 2.86. The van der Waals surface area contributed by atoms with E-state index < -0.39 is 0 Å². The average molecular weight is 237 g/mol. The van der Waals surface area contributed by atoms with Crippen molar-refractivity contribution in [2.24, 2.45) is 5.92 Å². The van der Waals surface area contributed by atoms with E-state index in [0.717, 1.165) is 37.1 Å². The molecule has 1 aromatic rings. The van der Waals surface area contributed by atoms with Gasteiger partial charge in [-0.2, -0.15) is 0 Å². The van der Waals surface area contributed by atoms with E-state index in [0.29, 0.717) is 0 Å². The molecule has 0 aliphatic heterocycles. The van der Waals surface area contributed by atoms with Crippen LogP contribution in [0.15, 0.2) is 4.42 Å². The van der Waals surface area contributed by atoms with Crippen LogP contribution in [0.3, 0.4) is 0 Å². The second-order valence-corrected chi connectivity index (χ2v) is 5.06. The van der Waals surface area contributed by atoms with Crippen molar-refractivity contribution in [2.75, 3.05) is 6.54 Å². The SMILES string of the molecule is CCCNC(C)c1nnc(CC2CCCC2)o1. The van der Waals surface area contributed by atoms with Crippen molar-refractivity contribution in [3.8, 4) is 0 Å². The third-order valence-corrected chi connectivity index (χ3v) is 3.49. The first kappa shape index (κ1) is 12.6. The molecule has 2 rings (SSSR count). The van der Waals surface area contributed by atoms with Gasteiger partial charge in [-0.1, -0.05) is 19.8 Å². The lowest BCUT2D eigenvalue weighted by Crippen LogP contribution is -2.19. The number of aromatic nitrogens is 2. The van der Waals surface area contributed by atoms with E-state index >= 15 is 0 Å². The zero-order chi connectivity index (χ0) is 12.1. The largest absolute Gasteiger partial charge is 0.424 e. The van der Waals surface area contributed by atoms with Crippen LogP contribution >= 0.6 is 0 Å². The van der Waals surface area contributed by atoms with Gasteiger partial charge < -0.3 is 9.73 Å². The molecular weight excluding hydrogens is 214 g/mol. The highest BCUT2D eigenvalue weighted by Gasteiger charge is 2.19. The number of nitrogens with one attached hydrogen (secondary N) is 1. The Hall–Kier alpha value is -0.900. The molecule has 1 aliphatic carbocycles. The summed E-state index contributed by atoms with van der Waals surface area (Å²) < 4.78 is 5.72.